The Bertz CT molecular complexity index is 404. The van der Waals surface area contributed by atoms with E-state index in [0.717, 1.165) is 0 Å². The molecule has 1 aromatic rings. The average molecular weight is 250 g/mol. The molecule has 0 heterocycles. The summed E-state index contributed by atoms with van der Waals surface area (Å²) in [6, 6.07) is 8.04. The highest BCUT2D eigenvalue weighted by atomic mass is 16.3. The summed E-state index contributed by atoms with van der Waals surface area (Å²) in [6.07, 6.45) is -0.606. The lowest BCUT2D eigenvalue weighted by Crippen LogP contribution is -2.46. The molecule has 0 saturated heterocycles. The Kier molecular flexibility index (Phi) is 5.32. The predicted molar refractivity (Wildman–Crippen MR) is 68.1 cm³/mol. The van der Waals surface area contributed by atoms with Crippen LogP contribution in [0.25, 0.3) is 0 Å². The van der Waals surface area contributed by atoms with Gasteiger partial charge in [-0.25, -0.2) is 0 Å². The van der Waals surface area contributed by atoms with Gasteiger partial charge in [-0.1, -0.05) is 18.2 Å². The molecule has 0 aromatic heterocycles. The summed E-state index contributed by atoms with van der Waals surface area (Å²) in [7, 11) is 0. The van der Waals surface area contributed by atoms with Crippen LogP contribution in [0.2, 0.25) is 0 Å². The van der Waals surface area contributed by atoms with Gasteiger partial charge in [0.2, 0.25) is 5.91 Å². The van der Waals surface area contributed by atoms with Crippen molar-refractivity contribution in [3.05, 3.63) is 35.9 Å². The van der Waals surface area contributed by atoms with Crippen LogP contribution in [-0.2, 0) is 4.79 Å². The molecule has 0 radical (unpaired) electrons. The first-order valence-corrected chi connectivity index (χ1v) is 5.82. The zero-order valence-corrected chi connectivity index (χ0v) is 10.5. The standard InChI is InChI=1S/C13H18N2O3/c1-9(16)8-14-12(17)10(2)15-13(18)11-6-4-3-5-7-11/h3-7,9-10,16H,8H2,1-2H3,(H,14,17)(H,15,18)/t9-,10?/m0/s1. The molecule has 98 valence electrons. The molecule has 0 fully saturated rings. The van der Waals surface area contributed by atoms with Crippen LogP contribution < -0.4 is 10.6 Å². The Hall–Kier alpha value is -1.88. The molecule has 1 rings (SSSR count). The fourth-order valence-corrected chi connectivity index (χ4v) is 1.34. The maximum absolute atomic E-state index is 11.8. The number of benzene rings is 1. The van der Waals surface area contributed by atoms with E-state index < -0.39 is 12.1 Å². The molecule has 1 aromatic carbocycles. The first-order chi connectivity index (χ1) is 8.50. The quantitative estimate of drug-likeness (QED) is 0.703. The lowest BCUT2D eigenvalue weighted by atomic mass is 10.2. The third-order valence-electron chi connectivity index (χ3n) is 2.35. The number of amides is 2. The van der Waals surface area contributed by atoms with E-state index in [1.54, 1.807) is 38.1 Å². The highest BCUT2D eigenvalue weighted by molar-refractivity contribution is 5.97. The second kappa shape index (κ2) is 6.76. The van der Waals surface area contributed by atoms with E-state index >= 15 is 0 Å². The summed E-state index contributed by atoms with van der Waals surface area (Å²) in [6.45, 7) is 3.34. The van der Waals surface area contributed by atoms with E-state index in [1.807, 2.05) is 6.07 Å². The Morgan fingerprint density at radius 2 is 1.83 bits per heavy atom. The van der Waals surface area contributed by atoms with Crippen LogP contribution in [0.4, 0.5) is 0 Å². The van der Waals surface area contributed by atoms with Gasteiger partial charge in [-0.05, 0) is 26.0 Å². The van der Waals surface area contributed by atoms with Gasteiger partial charge in [-0.3, -0.25) is 9.59 Å². The Morgan fingerprint density at radius 3 is 2.39 bits per heavy atom. The van der Waals surface area contributed by atoms with Crippen molar-refractivity contribution in [2.45, 2.75) is 26.0 Å². The summed E-state index contributed by atoms with van der Waals surface area (Å²) in [5.74, 6) is -0.615. The van der Waals surface area contributed by atoms with Gasteiger partial charge in [0.05, 0.1) is 6.10 Å². The molecule has 1 unspecified atom stereocenters. The maximum Gasteiger partial charge on any atom is 0.251 e. The number of aliphatic hydroxyl groups is 1. The molecule has 0 bridgehead atoms. The van der Waals surface area contributed by atoms with Crippen molar-refractivity contribution >= 4 is 11.8 Å². The van der Waals surface area contributed by atoms with E-state index in [4.69, 9.17) is 5.11 Å². The second-order valence-corrected chi connectivity index (χ2v) is 4.16. The van der Waals surface area contributed by atoms with Gasteiger partial charge in [0.15, 0.2) is 0 Å². The second-order valence-electron chi connectivity index (χ2n) is 4.16. The molecule has 5 heteroatoms. The molecule has 0 aliphatic rings. The number of carbonyl (C=O) groups excluding carboxylic acids is 2. The van der Waals surface area contributed by atoms with Crippen LogP contribution in [0.15, 0.2) is 30.3 Å². The minimum absolute atomic E-state index is 0.171. The first-order valence-electron chi connectivity index (χ1n) is 5.82. The SMILES string of the molecule is CC(NC(=O)c1ccccc1)C(=O)NC[C@H](C)O. The molecule has 0 spiro atoms. The Morgan fingerprint density at radius 1 is 1.22 bits per heavy atom. The molecular formula is C13H18N2O3. The van der Waals surface area contributed by atoms with Gasteiger partial charge >= 0.3 is 0 Å². The molecule has 18 heavy (non-hydrogen) atoms. The van der Waals surface area contributed by atoms with Gasteiger partial charge in [0.1, 0.15) is 6.04 Å². The van der Waals surface area contributed by atoms with Crippen LogP contribution in [0.5, 0.6) is 0 Å². The molecule has 0 aliphatic carbocycles. The van der Waals surface area contributed by atoms with Crippen molar-refractivity contribution in [3.8, 4) is 0 Å². The van der Waals surface area contributed by atoms with E-state index in [-0.39, 0.29) is 18.4 Å². The number of carbonyl (C=O) groups is 2. The van der Waals surface area contributed by atoms with Crippen LogP contribution in [-0.4, -0.2) is 35.6 Å². The average Bonchev–Trinajstić information content (AvgIpc) is 2.36. The van der Waals surface area contributed by atoms with Crippen molar-refractivity contribution in [1.82, 2.24) is 10.6 Å². The van der Waals surface area contributed by atoms with Crippen molar-refractivity contribution in [3.63, 3.8) is 0 Å². The van der Waals surface area contributed by atoms with E-state index in [1.165, 1.54) is 0 Å². The van der Waals surface area contributed by atoms with Gasteiger partial charge < -0.3 is 15.7 Å². The zero-order chi connectivity index (χ0) is 13.5. The molecule has 0 saturated carbocycles. The van der Waals surface area contributed by atoms with Crippen LogP contribution in [0, 0.1) is 0 Å². The third kappa shape index (κ3) is 4.55. The molecule has 2 amide bonds. The fraction of sp³-hybridized carbons (Fsp3) is 0.385. The Labute approximate surface area is 106 Å². The summed E-state index contributed by atoms with van der Waals surface area (Å²) >= 11 is 0. The van der Waals surface area contributed by atoms with Gasteiger partial charge in [0, 0.05) is 12.1 Å². The molecule has 3 N–H and O–H groups in total. The number of hydrogen-bond donors (Lipinski definition) is 3. The largest absolute Gasteiger partial charge is 0.392 e. The maximum atomic E-state index is 11.8. The number of rotatable bonds is 5. The summed E-state index contributed by atoms with van der Waals surface area (Å²) in [4.78, 5) is 23.3. The number of nitrogens with one attached hydrogen (secondary N) is 2. The van der Waals surface area contributed by atoms with Crippen LogP contribution >= 0.6 is 0 Å². The van der Waals surface area contributed by atoms with Crippen LogP contribution in [0.3, 0.4) is 0 Å². The van der Waals surface area contributed by atoms with E-state index in [0.29, 0.717) is 5.56 Å². The topological polar surface area (TPSA) is 78.4 Å². The van der Waals surface area contributed by atoms with Crippen molar-refractivity contribution in [1.29, 1.82) is 0 Å². The predicted octanol–water partition coefficient (Wildman–Crippen LogP) is 0.302. The minimum atomic E-state index is -0.642. The Balaban J connectivity index is 2.47. The number of aliphatic hydroxyl groups excluding tert-OH is 1. The summed E-state index contributed by atoms with van der Waals surface area (Å²) in [5.41, 5.74) is 0.507. The van der Waals surface area contributed by atoms with Crippen molar-refractivity contribution < 1.29 is 14.7 Å². The van der Waals surface area contributed by atoms with E-state index in [9.17, 15) is 9.59 Å². The normalized spacial score (nSPS) is 13.5. The third-order valence-corrected chi connectivity index (χ3v) is 2.35. The van der Waals surface area contributed by atoms with Crippen molar-refractivity contribution in [2.75, 3.05) is 6.54 Å². The van der Waals surface area contributed by atoms with Crippen LogP contribution in [0.1, 0.15) is 24.2 Å². The monoisotopic (exact) mass is 250 g/mol. The fourth-order valence-electron chi connectivity index (χ4n) is 1.34. The summed E-state index contributed by atoms with van der Waals surface area (Å²) < 4.78 is 0. The lowest BCUT2D eigenvalue weighted by Gasteiger charge is -2.14. The summed E-state index contributed by atoms with van der Waals surface area (Å²) in [5, 5.41) is 14.2. The van der Waals surface area contributed by atoms with Gasteiger partial charge in [0.25, 0.3) is 5.91 Å². The molecular weight excluding hydrogens is 232 g/mol. The highest BCUT2D eigenvalue weighted by Gasteiger charge is 2.16. The number of hydrogen-bond acceptors (Lipinski definition) is 3. The van der Waals surface area contributed by atoms with Gasteiger partial charge in [-0.15, -0.1) is 0 Å². The minimum Gasteiger partial charge on any atom is -0.392 e. The zero-order valence-electron chi connectivity index (χ0n) is 10.5. The van der Waals surface area contributed by atoms with Crippen molar-refractivity contribution in [2.24, 2.45) is 0 Å². The highest BCUT2D eigenvalue weighted by Crippen LogP contribution is 1.98. The first kappa shape index (κ1) is 14.2. The van der Waals surface area contributed by atoms with E-state index in [2.05, 4.69) is 10.6 Å². The molecule has 2 atom stereocenters. The molecule has 5 nitrogen and oxygen atoms in total. The van der Waals surface area contributed by atoms with Gasteiger partial charge in [-0.2, -0.15) is 0 Å². The smallest absolute Gasteiger partial charge is 0.251 e. The lowest BCUT2D eigenvalue weighted by molar-refractivity contribution is -0.123. The molecule has 0 aliphatic heterocycles.